The highest BCUT2D eigenvalue weighted by Crippen LogP contribution is 2.30. The van der Waals surface area contributed by atoms with Crippen LogP contribution >= 0.6 is 0 Å². The number of hydrogen-bond donors (Lipinski definition) is 1. The third-order valence-corrected chi connectivity index (χ3v) is 3.53. The molecule has 1 aliphatic rings. The molecule has 1 aromatic carbocycles. The van der Waals surface area contributed by atoms with Gasteiger partial charge in [0.2, 0.25) is 0 Å². The SMILES string of the molecule is CCOc1ccccc1N1CC(C)NCCC1C. The van der Waals surface area contributed by atoms with Crippen molar-refractivity contribution in [2.24, 2.45) is 0 Å². The van der Waals surface area contributed by atoms with Crippen molar-refractivity contribution in [1.29, 1.82) is 0 Å². The number of para-hydroxylation sites is 2. The molecule has 2 unspecified atom stereocenters. The van der Waals surface area contributed by atoms with Gasteiger partial charge in [-0.1, -0.05) is 12.1 Å². The molecule has 18 heavy (non-hydrogen) atoms. The van der Waals surface area contributed by atoms with Gasteiger partial charge in [-0.15, -0.1) is 0 Å². The van der Waals surface area contributed by atoms with E-state index in [0.29, 0.717) is 18.7 Å². The Morgan fingerprint density at radius 1 is 1.33 bits per heavy atom. The maximum atomic E-state index is 5.75. The van der Waals surface area contributed by atoms with Crippen molar-refractivity contribution in [2.75, 3.05) is 24.6 Å². The van der Waals surface area contributed by atoms with Crippen LogP contribution in [0, 0.1) is 0 Å². The fourth-order valence-corrected chi connectivity index (χ4v) is 2.54. The van der Waals surface area contributed by atoms with Crippen LogP contribution in [0.25, 0.3) is 0 Å². The molecule has 1 aromatic rings. The van der Waals surface area contributed by atoms with Crippen LogP contribution in [0.2, 0.25) is 0 Å². The average Bonchev–Trinajstić information content (AvgIpc) is 2.52. The van der Waals surface area contributed by atoms with E-state index in [4.69, 9.17) is 4.74 Å². The predicted molar refractivity (Wildman–Crippen MR) is 76.5 cm³/mol. The fraction of sp³-hybridized carbons (Fsp3) is 0.600. The molecule has 0 spiro atoms. The van der Waals surface area contributed by atoms with Crippen LogP contribution in [0.1, 0.15) is 27.2 Å². The Morgan fingerprint density at radius 2 is 2.11 bits per heavy atom. The molecule has 1 N–H and O–H groups in total. The predicted octanol–water partition coefficient (Wildman–Crippen LogP) is 2.66. The summed E-state index contributed by atoms with van der Waals surface area (Å²) in [6.45, 7) is 9.41. The van der Waals surface area contributed by atoms with E-state index in [0.717, 1.165) is 18.8 Å². The summed E-state index contributed by atoms with van der Waals surface area (Å²) in [4.78, 5) is 2.47. The smallest absolute Gasteiger partial charge is 0.142 e. The summed E-state index contributed by atoms with van der Waals surface area (Å²) in [6, 6.07) is 9.43. The van der Waals surface area contributed by atoms with Gasteiger partial charge >= 0.3 is 0 Å². The molecule has 0 amide bonds. The van der Waals surface area contributed by atoms with Crippen LogP contribution < -0.4 is 15.0 Å². The van der Waals surface area contributed by atoms with Crippen molar-refractivity contribution in [3.05, 3.63) is 24.3 Å². The zero-order chi connectivity index (χ0) is 13.0. The molecule has 1 fully saturated rings. The zero-order valence-electron chi connectivity index (χ0n) is 11.6. The molecular weight excluding hydrogens is 224 g/mol. The normalized spacial score (nSPS) is 24.7. The van der Waals surface area contributed by atoms with E-state index in [1.165, 1.54) is 12.1 Å². The number of benzene rings is 1. The van der Waals surface area contributed by atoms with Gasteiger partial charge in [0, 0.05) is 18.6 Å². The van der Waals surface area contributed by atoms with Crippen LogP contribution in [0.4, 0.5) is 5.69 Å². The van der Waals surface area contributed by atoms with Crippen LogP contribution in [-0.4, -0.2) is 31.8 Å². The second kappa shape index (κ2) is 6.10. The molecule has 1 heterocycles. The lowest BCUT2D eigenvalue weighted by Gasteiger charge is -2.31. The molecule has 0 bridgehead atoms. The monoisotopic (exact) mass is 248 g/mol. The highest BCUT2D eigenvalue weighted by Gasteiger charge is 2.22. The molecule has 3 heteroatoms. The topological polar surface area (TPSA) is 24.5 Å². The first-order chi connectivity index (χ1) is 8.72. The van der Waals surface area contributed by atoms with Crippen molar-refractivity contribution in [2.45, 2.75) is 39.3 Å². The zero-order valence-corrected chi connectivity index (χ0v) is 11.6. The summed E-state index contributed by atoms with van der Waals surface area (Å²) in [6.07, 6.45) is 1.17. The van der Waals surface area contributed by atoms with Crippen molar-refractivity contribution < 1.29 is 4.74 Å². The molecule has 100 valence electrons. The molecule has 1 saturated heterocycles. The number of hydrogen-bond acceptors (Lipinski definition) is 3. The minimum atomic E-state index is 0.518. The largest absolute Gasteiger partial charge is 0.492 e. The summed E-state index contributed by atoms with van der Waals surface area (Å²) in [5, 5.41) is 3.54. The van der Waals surface area contributed by atoms with E-state index in [9.17, 15) is 0 Å². The molecule has 2 rings (SSSR count). The minimum Gasteiger partial charge on any atom is -0.492 e. The molecule has 0 aromatic heterocycles. The van der Waals surface area contributed by atoms with E-state index >= 15 is 0 Å². The van der Waals surface area contributed by atoms with Crippen molar-refractivity contribution in [3.63, 3.8) is 0 Å². The third-order valence-electron chi connectivity index (χ3n) is 3.53. The van der Waals surface area contributed by atoms with Gasteiger partial charge in [0.1, 0.15) is 5.75 Å². The standard InChI is InChI=1S/C15H24N2O/c1-4-18-15-8-6-5-7-14(15)17-11-12(2)16-10-9-13(17)3/h5-8,12-13,16H,4,9-11H2,1-3H3. The van der Waals surface area contributed by atoms with Gasteiger partial charge in [-0.3, -0.25) is 0 Å². The van der Waals surface area contributed by atoms with Crippen molar-refractivity contribution in [1.82, 2.24) is 5.32 Å². The van der Waals surface area contributed by atoms with Crippen LogP contribution in [0.5, 0.6) is 5.75 Å². The Bertz CT molecular complexity index is 381. The number of anilines is 1. The minimum absolute atomic E-state index is 0.518. The quantitative estimate of drug-likeness (QED) is 0.890. The lowest BCUT2D eigenvalue weighted by molar-refractivity contribution is 0.339. The van der Waals surface area contributed by atoms with Gasteiger partial charge in [-0.05, 0) is 45.9 Å². The van der Waals surface area contributed by atoms with E-state index in [1.807, 2.05) is 13.0 Å². The summed E-state index contributed by atoms with van der Waals surface area (Å²) < 4.78 is 5.75. The first-order valence-electron chi connectivity index (χ1n) is 6.94. The number of nitrogens with one attached hydrogen (secondary N) is 1. The number of nitrogens with zero attached hydrogens (tertiary/aromatic N) is 1. The Labute approximate surface area is 110 Å². The lowest BCUT2D eigenvalue weighted by atomic mass is 10.1. The highest BCUT2D eigenvalue weighted by atomic mass is 16.5. The second-order valence-electron chi connectivity index (χ2n) is 5.05. The Balaban J connectivity index is 2.27. The molecule has 2 atom stereocenters. The highest BCUT2D eigenvalue weighted by molar-refractivity contribution is 5.59. The number of ether oxygens (including phenoxy) is 1. The molecule has 0 radical (unpaired) electrons. The van der Waals surface area contributed by atoms with Gasteiger partial charge < -0.3 is 15.0 Å². The summed E-state index contributed by atoms with van der Waals surface area (Å²) >= 11 is 0. The lowest BCUT2D eigenvalue weighted by Crippen LogP contribution is -2.38. The maximum Gasteiger partial charge on any atom is 0.142 e. The Kier molecular flexibility index (Phi) is 4.48. The van der Waals surface area contributed by atoms with Gasteiger partial charge in [-0.2, -0.15) is 0 Å². The Morgan fingerprint density at radius 3 is 2.89 bits per heavy atom. The molecule has 0 saturated carbocycles. The van der Waals surface area contributed by atoms with E-state index in [2.05, 4.69) is 42.3 Å². The molecule has 3 nitrogen and oxygen atoms in total. The van der Waals surface area contributed by atoms with E-state index < -0.39 is 0 Å². The average molecular weight is 248 g/mol. The van der Waals surface area contributed by atoms with Crippen LogP contribution in [0.15, 0.2) is 24.3 Å². The maximum absolute atomic E-state index is 5.75. The molecular formula is C15H24N2O. The summed E-state index contributed by atoms with van der Waals surface area (Å²) in [5.74, 6) is 1.00. The van der Waals surface area contributed by atoms with Crippen molar-refractivity contribution in [3.8, 4) is 5.75 Å². The fourth-order valence-electron chi connectivity index (χ4n) is 2.54. The third kappa shape index (κ3) is 2.96. The summed E-state index contributed by atoms with van der Waals surface area (Å²) in [5.41, 5.74) is 1.22. The van der Waals surface area contributed by atoms with E-state index in [1.54, 1.807) is 0 Å². The van der Waals surface area contributed by atoms with Crippen LogP contribution in [-0.2, 0) is 0 Å². The van der Waals surface area contributed by atoms with Gasteiger partial charge in [0.25, 0.3) is 0 Å². The van der Waals surface area contributed by atoms with Crippen LogP contribution in [0.3, 0.4) is 0 Å². The van der Waals surface area contributed by atoms with Gasteiger partial charge in [-0.25, -0.2) is 0 Å². The van der Waals surface area contributed by atoms with Crippen molar-refractivity contribution >= 4 is 5.69 Å². The van der Waals surface area contributed by atoms with Gasteiger partial charge in [0.05, 0.1) is 12.3 Å². The molecule has 0 aliphatic carbocycles. The first kappa shape index (κ1) is 13.2. The second-order valence-corrected chi connectivity index (χ2v) is 5.05. The van der Waals surface area contributed by atoms with E-state index in [-0.39, 0.29) is 0 Å². The molecule has 1 aliphatic heterocycles. The van der Waals surface area contributed by atoms with Gasteiger partial charge in [0.15, 0.2) is 0 Å². The Hall–Kier alpha value is -1.22. The summed E-state index contributed by atoms with van der Waals surface area (Å²) in [7, 11) is 0. The first-order valence-corrected chi connectivity index (χ1v) is 6.94. The number of rotatable bonds is 3.